The minimum Gasteiger partial charge on any atom is -0.461 e. The Morgan fingerprint density at radius 2 is 1.77 bits per heavy atom. The summed E-state index contributed by atoms with van der Waals surface area (Å²) in [7, 11) is -4.33. The number of carbonyl (C=O) groups excluding carboxylic acids is 1. The van der Waals surface area contributed by atoms with Gasteiger partial charge in [-0.05, 0) is 49.4 Å². The fourth-order valence-corrected chi connectivity index (χ4v) is 3.99. The molecule has 8 nitrogen and oxygen atoms in total. The van der Waals surface area contributed by atoms with E-state index in [-0.39, 0.29) is 11.5 Å². The van der Waals surface area contributed by atoms with E-state index in [9.17, 15) is 18.0 Å². The summed E-state index contributed by atoms with van der Waals surface area (Å²) < 4.78 is 37.6. The largest absolute Gasteiger partial charge is 0.461 e. The summed E-state index contributed by atoms with van der Waals surface area (Å²) in [6, 6.07) is 13.2. The van der Waals surface area contributed by atoms with Crippen LogP contribution in [0.1, 0.15) is 17.4 Å². The van der Waals surface area contributed by atoms with Crippen molar-refractivity contribution in [2.45, 2.75) is 11.8 Å². The predicted molar refractivity (Wildman–Crippen MR) is 115 cm³/mol. The van der Waals surface area contributed by atoms with Gasteiger partial charge in [-0.25, -0.2) is 4.79 Å². The van der Waals surface area contributed by atoms with Gasteiger partial charge in [0.05, 0.1) is 18.4 Å². The topological polar surface area (TPSA) is 105 Å². The molecule has 2 aromatic carbocycles. The second-order valence-corrected chi connectivity index (χ2v) is 9.18. The van der Waals surface area contributed by atoms with Crippen LogP contribution in [-0.2, 0) is 14.9 Å². The molecule has 0 saturated carbocycles. The number of benzene rings is 2. The van der Waals surface area contributed by atoms with Gasteiger partial charge in [-0.2, -0.15) is 18.2 Å². The van der Waals surface area contributed by atoms with Gasteiger partial charge < -0.3 is 8.92 Å². The van der Waals surface area contributed by atoms with E-state index in [0.717, 1.165) is 10.7 Å². The summed E-state index contributed by atoms with van der Waals surface area (Å²) in [5.41, 5.74) is -0.776. The highest BCUT2D eigenvalue weighted by atomic mass is 79.9. The number of halogens is 2. The highest BCUT2D eigenvalue weighted by molar-refractivity contribution is 9.10. The number of carbonyl (C=O) groups is 1. The van der Waals surface area contributed by atoms with E-state index in [1.807, 2.05) is 0 Å². The fraction of sp³-hybridized carbons (Fsp3) is 0.105. The van der Waals surface area contributed by atoms with Gasteiger partial charge in [0.25, 0.3) is 5.56 Å². The van der Waals surface area contributed by atoms with Crippen LogP contribution in [0, 0.1) is 0 Å². The average molecular weight is 558 g/mol. The molecule has 3 rings (SSSR count). The molecule has 0 aliphatic heterocycles. The first-order valence-corrected chi connectivity index (χ1v) is 11.5. The average Bonchev–Trinajstić information content (AvgIpc) is 2.68. The fourth-order valence-electron chi connectivity index (χ4n) is 2.41. The SMILES string of the molecule is CCOC(=O)c1nn(-c2cccc(Br)c2)c(=O)cc1OS(=O)(=O)c1ccc(Br)cc1. The first-order chi connectivity index (χ1) is 14.2. The van der Waals surface area contributed by atoms with Gasteiger partial charge in [-0.15, -0.1) is 0 Å². The van der Waals surface area contributed by atoms with E-state index in [0.29, 0.717) is 14.6 Å². The molecule has 0 radical (unpaired) electrons. The minimum atomic E-state index is -4.33. The monoisotopic (exact) mass is 556 g/mol. The van der Waals surface area contributed by atoms with E-state index >= 15 is 0 Å². The van der Waals surface area contributed by atoms with Crippen LogP contribution in [0.3, 0.4) is 0 Å². The van der Waals surface area contributed by atoms with Crippen LogP contribution in [0.25, 0.3) is 5.69 Å². The minimum absolute atomic E-state index is 0.0232. The maximum absolute atomic E-state index is 12.6. The first kappa shape index (κ1) is 22.2. The molecule has 0 atom stereocenters. The maximum atomic E-state index is 12.6. The van der Waals surface area contributed by atoms with Crippen LogP contribution in [0.5, 0.6) is 5.75 Å². The van der Waals surface area contributed by atoms with Gasteiger partial charge in [0.1, 0.15) is 4.90 Å². The molecule has 0 unspecified atom stereocenters. The van der Waals surface area contributed by atoms with Crippen LogP contribution >= 0.6 is 31.9 Å². The lowest BCUT2D eigenvalue weighted by Crippen LogP contribution is -2.26. The van der Waals surface area contributed by atoms with Crippen molar-refractivity contribution in [2.75, 3.05) is 6.61 Å². The zero-order valence-electron chi connectivity index (χ0n) is 15.4. The summed E-state index contributed by atoms with van der Waals surface area (Å²) in [4.78, 5) is 24.9. The molecule has 3 aromatic rings. The number of ether oxygens (including phenoxy) is 1. The molecular formula is C19H14Br2N2O6S. The zero-order chi connectivity index (χ0) is 21.9. The molecular weight excluding hydrogens is 544 g/mol. The molecule has 1 heterocycles. The third kappa shape index (κ3) is 4.97. The zero-order valence-corrected chi connectivity index (χ0v) is 19.4. The van der Waals surface area contributed by atoms with Crippen LogP contribution < -0.4 is 9.74 Å². The third-order valence-electron chi connectivity index (χ3n) is 3.72. The summed E-state index contributed by atoms with van der Waals surface area (Å²) in [6.45, 7) is 1.61. The highest BCUT2D eigenvalue weighted by Crippen LogP contribution is 2.23. The Balaban J connectivity index is 2.11. The lowest BCUT2D eigenvalue weighted by Gasteiger charge is -2.12. The van der Waals surface area contributed by atoms with Crippen molar-refractivity contribution in [1.82, 2.24) is 9.78 Å². The smallest absolute Gasteiger partial charge is 0.362 e. The Bertz CT molecular complexity index is 1260. The molecule has 0 fully saturated rings. The third-order valence-corrected chi connectivity index (χ3v) is 5.99. The maximum Gasteiger partial charge on any atom is 0.362 e. The molecule has 11 heteroatoms. The van der Waals surface area contributed by atoms with Crippen LogP contribution in [0.4, 0.5) is 0 Å². The molecule has 0 aliphatic carbocycles. The van der Waals surface area contributed by atoms with E-state index in [2.05, 4.69) is 37.0 Å². The van der Waals surface area contributed by atoms with Crippen LogP contribution in [-0.4, -0.2) is 30.8 Å². The molecule has 0 bridgehead atoms. The van der Waals surface area contributed by atoms with Gasteiger partial charge in [0.15, 0.2) is 5.75 Å². The molecule has 0 N–H and O–H groups in total. The van der Waals surface area contributed by atoms with Crippen molar-refractivity contribution in [1.29, 1.82) is 0 Å². The highest BCUT2D eigenvalue weighted by Gasteiger charge is 2.25. The van der Waals surface area contributed by atoms with Crippen molar-refractivity contribution in [3.8, 4) is 11.4 Å². The van der Waals surface area contributed by atoms with Gasteiger partial charge in [0.2, 0.25) is 5.69 Å². The Morgan fingerprint density at radius 1 is 1.07 bits per heavy atom. The number of nitrogens with zero attached hydrogens (tertiary/aromatic N) is 2. The molecule has 0 saturated heterocycles. The summed E-state index contributed by atoms with van der Waals surface area (Å²) in [5.74, 6) is -1.45. The van der Waals surface area contributed by atoms with Crippen molar-refractivity contribution in [3.63, 3.8) is 0 Å². The Labute approximate surface area is 188 Å². The Hall–Kier alpha value is -2.50. The van der Waals surface area contributed by atoms with E-state index in [4.69, 9.17) is 8.92 Å². The number of rotatable bonds is 6. The van der Waals surface area contributed by atoms with Gasteiger partial charge in [0, 0.05) is 8.95 Å². The molecule has 0 aliphatic rings. The van der Waals surface area contributed by atoms with Gasteiger partial charge in [-0.3, -0.25) is 4.79 Å². The first-order valence-electron chi connectivity index (χ1n) is 8.49. The van der Waals surface area contributed by atoms with E-state index in [1.54, 1.807) is 31.2 Å². The standard InChI is InChI=1S/C19H14Br2N2O6S/c1-2-28-19(25)18-16(29-30(26,27)15-8-6-12(20)7-9-15)11-17(24)23(22-18)14-5-3-4-13(21)10-14/h3-11H,2H2,1H3. The number of esters is 1. The summed E-state index contributed by atoms with van der Waals surface area (Å²) in [6.07, 6.45) is 0. The number of aromatic nitrogens is 2. The van der Waals surface area contributed by atoms with Crippen LogP contribution in [0.2, 0.25) is 0 Å². The lowest BCUT2D eigenvalue weighted by atomic mass is 10.3. The Kier molecular flexibility index (Phi) is 6.74. The van der Waals surface area contributed by atoms with Crippen molar-refractivity contribution in [2.24, 2.45) is 0 Å². The van der Waals surface area contributed by atoms with Gasteiger partial charge >= 0.3 is 16.1 Å². The normalized spacial score (nSPS) is 11.2. The van der Waals surface area contributed by atoms with Crippen LogP contribution in [0.15, 0.2) is 73.2 Å². The Morgan fingerprint density at radius 3 is 2.40 bits per heavy atom. The number of hydrogen-bond acceptors (Lipinski definition) is 7. The molecule has 0 spiro atoms. The molecule has 30 heavy (non-hydrogen) atoms. The summed E-state index contributed by atoms with van der Waals surface area (Å²) >= 11 is 6.52. The predicted octanol–water partition coefficient (Wildman–Crippen LogP) is 3.70. The summed E-state index contributed by atoms with van der Waals surface area (Å²) in [5, 5.41) is 4.01. The molecule has 1 aromatic heterocycles. The van der Waals surface area contributed by atoms with E-state index < -0.39 is 33.1 Å². The number of hydrogen-bond donors (Lipinski definition) is 0. The van der Waals surface area contributed by atoms with Crippen molar-refractivity contribution < 1.29 is 22.1 Å². The second-order valence-electron chi connectivity index (χ2n) is 5.80. The molecule has 0 amide bonds. The van der Waals surface area contributed by atoms with E-state index in [1.165, 1.54) is 24.3 Å². The quantitative estimate of drug-likeness (QED) is 0.336. The van der Waals surface area contributed by atoms with Crippen molar-refractivity contribution in [3.05, 3.63) is 79.6 Å². The van der Waals surface area contributed by atoms with Gasteiger partial charge in [-0.1, -0.05) is 37.9 Å². The van der Waals surface area contributed by atoms with Crippen molar-refractivity contribution >= 4 is 47.9 Å². The lowest BCUT2D eigenvalue weighted by molar-refractivity contribution is 0.0515. The second kappa shape index (κ2) is 9.11. The molecule has 156 valence electrons.